The Morgan fingerprint density at radius 1 is 1.12 bits per heavy atom. The molecule has 0 radical (unpaired) electrons. The summed E-state index contributed by atoms with van der Waals surface area (Å²) in [7, 11) is 0. The van der Waals surface area contributed by atoms with Crippen LogP contribution in [0.15, 0.2) is 73.1 Å². The monoisotopic (exact) mass is 433 g/mol. The molecule has 3 aromatic rings. The van der Waals surface area contributed by atoms with Crippen LogP contribution in [0.3, 0.4) is 0 Å². The fourth-order valence-corrected chi connectivity index (χ4v) is 3.80. The minimum atomic E-state index is -0.922. The Balaban J connectivity index is 1.48. The highest BCUT2D eigenvalue weighted by molar-refractivity contribution is 5.90. The van der Waals surface area contributed by atoms with Crippen LogP contribution in [0.4, 0.5) is 4.39 Å². The van der Waals surface area contributed by atoms with Crippen molar-refractivity contribution in [3.63, 3.8) is 0 Å². The Morgan fingerprint density at radius 3 is 2.53 bits per heavy atom. The second kappa shape index (κ2) is 9.60. The average Bonchev–Trinajstić information content (AvgIpc) is 2.82. The number of carbonyl (C=O) groups is 2. The van der Waals surface area contributed by atoms with Gasteiger partial charge in [-0.2, -0.15) is 0 Å². The first-order valence-electron chi connectivity index (χ1n) is 10.5. The predicted molar refractivity (Wildman–Crippen MR) is 118 cm³/mol. The molecule has 0 aliphatic carbocycles. The SMILES string of the molecule is C[C@H](Oc1ccccc1F)C(=O)N1CCNC(=O)[C@@H]1Cc1ccc(-c2ccncc2)cc1. The Kier molecular flexibility index (Phi) is 6.44. The third kappa shape index (κ3) is 4.77. The molecule has 0 saturated carbocycles. The molecule has 0 unspecified atom stereocenters. The number of pyridine rings is 1. The van der Waals surface area contributed by atoms with E-state index in [4.69, 9.17) is 4.74 Å². The van der Waals surface area contributed by atoms with Crippen LogP contribution in [0, 0.1) is 5.82 Å². The first-order chi connectivity index (χ1) is 15.5. The summed E-state index contributed by atoms with van der Waals surface area (Å²) in [4.78, 5) is 31.3. The largest absolute Gasteiger partial charge is 0.478 e. The maximum atomic E-state index is 13.9. The number of nitrogens with zero attached hydrogens (tertiary/aromatic N) is 2. The zero-order chi connectivity index (χ0) is 22.5. The molecule has 2 aromatic carbocycles. The summed E-state index contributed by atoms with van der Waals surface area (Å²) in [5.74, 6) is -1.07. The summed E-state index contributed by atoms with van der Waals surface area (Å²) in [5, 5.41) is 2.83. The molecule has 32 heavy (non-hydrogen) atoms. The Hall–Kier alpha value is -3.74. The number of hydrogen-bond donors (Lipinski definition) is 1. The number of hydrogen-bond acceptors (Lipinski definition) is 4. The van der Waals surface area contributed by atoms with Crippen LogP contribution in [0.1, 0.15) is 12.5 Å². The molecule has 1 aliphatic heterocycles. The van der Waals surface area contributed by atoms with E-state index >= 15 is 0 Å². The molecule has 2 atom stereocenters. The number of rotatable bonds is 6. The van der Waals surface area contributed by atoms with Crippen LogP contribution in [-0.4, -0.2) is 46.9 Å². The van der Waals surface area contributed by atoms with E-state index in [1.807, 2.05) is 36.4 Å². The summed E-state index contributed by atoms with van der Waals surface area (Å²) in [6, 6.07) is 17.0. The van der Waals surface area contributed by atoms with Crippen molar-refractivity contribution in [3.05, 3.63) is 84.4 Å². The first kappa shape index (κ1) is 21.5. The maximum Gasteiger partial charge on any atom is 0.264 e. The van der Waals surface area contributed by atoms with Gasteiger partial charge in [-0.1, -0.05) is 36.4 Å². The van der Waals surface area contributed by atoms with Crippen molar-refractivity contribution >= 4 is 11.8 Å². The Bertz CT molecular complexity index is 1090. The maximum absolute atomic E-state index is 13.9. The van der Waals surface area contributed by atoms with Gasteiger partial charge in [0.15, 0.2) is 17.7 Å². The van der Waals surface area contributed by atoms with Gasteiger partial charge in [-0.15, -0.1) is 0 Å². The third-order valence-electron chi connectivity index (χ3n) is 5.50. The topological polar surface area (TPSA) is 71.5 Å². The van der Waals surface area contributed by atoms with Crippen molar-refractivity contribution in [2.45, 2.75) is 25.5 Å². The fourth-order valence-electron chi connectivity index (χ4n) is 3.80. The molecule has 6 nitrogen and oxygen atoms in total. The van der Waals surface area contributed by atoms with Crippen molar-refractivity contribution in [1.29, 1.82) is 0 Å². The third-order valence-corrected chi connectivity index (χ3v) is 5.50. The molecule has 164 valence electrons. The highest BCUT2D eigenvalue weighted by Gasteiger charge is 2.35. The van der Waals surface area contributed by atoms with Gasteiger partial charge in [0.05, 0.1) is 0 Å². The second-order valence-corrected chi connectivity index (χ2v) is 7.67. The number of carbonyl (C=O) groups excluding carboxylic acids is 2. The van der Waals surface area contributed by atoms with Crippen molar-refractivity contribution in [3.8, 4) is 16.9 Å². The number of benzene rings is 2. The molecule has 1 saturated heterocycles. The summed E-state index contributed by atoms with van der Waals surface area (Å²) >= 11 is 0. The van der Waals surface area contributed by atoms with E-state index in [2.05, 4.69) is 10.3 Å². The average molecular weight is 433 g/mol. The van der Waals surface area contributed by atoms with Crippen LogP contribution < -0.4 is 10.1 Å². The minimum Gasteiger partial charge on any atom is -0.478 e. The molecule has 1 aliphatic rings. The Morgan fingerprint density at radius 2 is 1.81 bits per heavy atom. The van der Waals surface area contributed by atoms with E-state index in [-0.39, 0.29) is 17.6 Å². The van der Waals surface area contributed by atoms with E-state index in [9.17, 15) is 14.0 Å². The van der Waals surface area contributed by atoms with Crippen LogP contribution in [0.5, 0.6) is 5.75 Å². The molecule has 7 heteroatoms. The van der Waals surface area contributed by atoms with Gasteiger partial charge in [0.2, 0.25) is 5.91 Å². The number of ether oxygens (including phenoxy) is 1. The summed E-state index contributed by atoms with van der Waals surface area (Å²) in [5.41, 5.74) is 3.03. The Labute approximate surface area is 186 Å². The van der Waals surface area contributed by atoms with Crippen molar-refractivity contribution in [2.24, 2.45) is 0 Å². The molecule has 1 fully saturated rings. The van der Waals surface area contributed by atoms with E-state index in [1.165, 1.54) is 17.0 Å². The van der Waals surface area contributed by atoms with E-state index in [0.29, 0.717) is 19.5 Å². The molecule has 1 aromatic heterocycles. The number of nitrogens with one attached hydrogen (secondary N) is 1. The molecule has 1 N–H and O–H groups in total. The molecule has 2 heterocycles. The van der Waals surface area contributed by atoms with E-state index in [1.54, 1.807) is 31.5 Å². The van der Waals surface area contributed by atoms with Crippen molar-refractivity contribution in [2.75, 3.05) is 13.1 Å². The van der Waals surface area contributed by atoms with E-state index in [0.717, 1.165) is 16.7 Å². The lowest BCUT2D eigenvalue weighted by Crippen LogP contribution is -2.60. The quantitative estimate of drug-likeness (QED) is 0.648. The van der Waals surface area contributed by atoms with Crippen molar-refractivity contribution < 1.29 is 18.7 Å². The molecule has 4 rings (SSSR count). The number of amides is 2. The highest BCUT2D eigenvalue weighted by Crippen LogP contribution is 2.22. The van der Waals surface area contributed by atoms with Gasteiger partial charge in [0, 0.05) is 31.9 Å². The second-order valence-electron chi connectivity index (χ2n) is 7.67. The number of aromatic nitrogens is 1. The van der Waals surface area contributed by atoms with Gasteiger partial charge in [-0.3, -0.25) is 14.6 Å². The summed E-state index contributed by atoms with van der Waals surface area (Å²) in [6.45, 7) is 2.31. The first-order valence-corrected chi connectivity index (χ1v) is 10.5. The molecule has 0 bridgehead atoms. The zero-order valence-electron chi connectivity index (χ0n) is 17.7. The number of piperazine rings is 1. The lowest BCUT2D eigenvalue weighted by molar-refractivity contribution is -0.148. The highest BCUT2D eigenvalue weighted by atomic mass is 19.1. The van der Waals surface area contributed by atoms with Crippen LogP contribution in [0.2, 0.25) is 0 Å². The number of halogens is 1. The fraction of sp³-hybridized carbons (Fsp3) is 0.240. The van der Waals surface area contributed by atoms with Gasteiger partial charge in [0.25, 0.3) is 5.91 Å². The van der Waals surface area contributed by atoms with Crippen molar-refractivity contribution in [1.82, 2.24) is 15.2 Å². The van der Waals surface area contributed by atoms with Gasteiger partial charge in [0.1, 0.15) is 6.04 Å². The van der Waals surface area contributed by atoms with Gasteiger partial charge in [-0.05, 0) is 47.9 Å². The van der Waals surface area contributed by atoms with E-state index < -0.39 is 18.0 Å². The summed E-state index contributed by atoms with van der Waals surface area (Å²) in [6.07, 6.45) is 2.93. The molecular formula is C25H24FN3O3. The molecular weight excluding hydrogens is 409 g/mol. The summed E-state index contributed by atoms with van der Waals surface area (Å²) < 4.78 is 19.5. The lowest BCUT2D eigenvalue weighted by Gasteiger charge is -2.36. The molecule has 0 spiro atoms. The van der Waals surface area contributed by atoms with Gasteiger partial charge >= 0.3 is 0 Å². The number of para-hydroxylation sites is 1. The smallest absolute Gasteiger partial charge is 0.264 e. The van der Waals surface area contributed by atoms with Gasteiger partial charge < -0.3 is 15.0 Å². The standard InChI is InChI=1S/C25H24FN3O3/c1-17(32-23-5-3-2-4-21(23)26)25(31)29-15-14-28-24(30)22(29)16-18-6-8-19(9-7-18)20-10-12-27-13-11-20/h2-13,17,22H,14-16H2,1H3,(H,28,30)/t17-,22-/m0/s1. The normalized spacial score (nSPS) is 16.9. The van der Waals surface area contributed by atoms with Crippen LogP contribution in [0.25, 0.3) is 11.1 Å². The zero-order valence-corrected chi connectivity index (χ0v) is 17.7. The van der Waals surface area contributed by atoms with Crippen LogP contribution in [-0.2, 0) is 16.0 Å². The lowest BCUT2D eigenvalue weighted by atomic mass is 9.99. The predicted octanol–water partition coefficient (Wildman–Crippen LogP) is 3.22. The van der Waals surface area contributed by atoms with Crippen LogP contribution >= 0.6 is 0 Å². The van der Waals surface area contributed by atoms with Gasteiger partial charge in [-0.25, -0.2) is 4.39 Å². The minimum absolute atomic E-state index is 0.0121. The molecule has 2 amide bonds.